The van der Waals surface area contributed by atoms with Gasteiger partial charge in [-0.3, -0.25) is 14.4 Å². The lowest BCUT2D eigenvalue weighted by atomic mass is 9.99. The van der Waals surface area contributed by atoms with Crippen molar-refractivity contribution in [1.29, 1.82) is 0 Å². The standard InChI is InChI=1S/C24H29N3O3/c1-16-7-6-12-27(15-16)24(30)19-10-11-21(17(2)13-19)25-14-23(29)26-22-9-5-4-8-20(22)18(3)28/h4-5,8-11,13,16,25H,6-7,12,14-15H2,1-3H3,(H,26,29). The van der Waals surface area contributed by atoms with E-state index < -0.39 is 0 Å². The molecule has 0 bridgehead atoms. The molecule has 1 aliphatic rings. The van der Waals surface area contributed by atoms with Crippen LogP contribution in [0.3, 0.4) is 0 Å². The molecule has 1 heterocycles. The zero-order valence-corrected chi connectivity index (χ0v) is 17.8. The molecule has 1 saturated heterocycles. The van der Waals surface area contributed by atoms with Crippen LogP contribution in [0.4, 0.5) is 11.4 Å². The number of carbonyl (C=O) groups is 3. The van der Waals surface area contributed by atoms with E-state index in [1.54, 1.807) is 30.3 Å². The van der Waals surface area contributed by atoms with Gasteiger partial charge < -0.3 is 15.5 Å². The van der Waals surface area contributed by atoms with Crippen molar-refractivity contribution in [1.82, 2.24) is 4.90 Å². The van der Waals surface area contributed by atoms with Gasteiger partial charge in [-0.2, -0.15) is 0 Å². The molecule has 3 rings (SSSR count). The summed E-state index contributed by atoms with van der Waals surface area (Å²) in [5, 5.41) is 5.89. The Kier molecular flexibility index (Phi) is 6.87. The van der Waals surface area contributed by atoms with Crippen molar-refractivity contribution in [3.8, 4) is 0 Å². The summed E-state index contributed by atoms with van der Waals surface area (Å²) in [4.78, 5) is 38.7. The molecule has 2 N–H and O–H groups in total. The van der Waals surface area contributed by atoms with Crippen LogP contribution in [-0.4, -0.2) is 42.1 Å². The summed E-state index contributed by atoms with van der Waals surface area (Å²) in [5.74, 6) is 0.259. The fourth-order valence-electron chi connectivity index (χ4n) is 3.82. The molecule has 2 aromatic carbocycles. The van der Waals surface area contributed by atoms with Crippen LogP contribution < -0.4 is 10.6 Å². The van der Waals surface area contributed by atoms with Gasteiger partial charge in [-0.1, -0.05) is 19.1 Å². The van der Waals surface area contributed by atoms with E-state index in [0.29, 0.717) is 22.7 Å². The molecule has 158 valence electrons. The molecule has 0 aromatic heterocycles. The Hall–Kier alpha value is -3.15. The second-order valence-electron chi connectivity index (χ2n) is 8.03. The number of Topliss-reactive ketones (excluding diaryl/α,β-unsaturated/α-hetero) is 1. The minimum atomic E-state index is -0.245. The largest absolute Gasteiger partial charge is 0.376 e. The smallest absolute Gasteiger partial charge is 0.253 e. The Bertz CT molecular complexity index is 954. The zero-order chi connectivity index (χ0) is 21.7. The Labute approximate surface area is 177 Å². The van der Waals surface area contributed by atoms with E-state index in [1.165, 1.54) is 13.3 Å². The number of hydrogen-bond donors (Lipinski definition) is 2. The average molecular weight is 408 g/mol. The molecule has 0 aliphatic carbocycles. The first kappa shape index (κ1) is 21.6. The second kappa shape index (κ2) is 9.57. The highest BCUT2D eigenvalue weighted by atomic mass is 16.2. The Morgan fingerprint density at radius 3 is 2.57 bits per heavy atom. The van der Waals surface area contributed by atoms with Crippen molar-refractivity contribution in [3.63, 3.8) is 0 Å². The molecule has 0 spiro atoms. The van der Waals surface area contributed by atoms with Crippen LogP contribution in [0.15, 0.2) is 42.5 Å². The van der Waals surface area contributed by atoms with E-state index in [-0.39, 0.29) is 24.1 Å². The quantitative estimate of drug-likeness (QED) is 0.706. The van der Waals surface area contributed by atoms with Crippen molar-refractivity contribution < 1.29 is 14.4 Å². The second-order valence-corrected chi connectivity index (χ2v) is 8.03. The average Bonchev–Trinajstić information content (AvgIpc) is 2.72. The topological polar surface area (TPSA) is 78.5 Å². The van der Waals surface area contributed by atoms with Crippen LogP contribution in [0, 0.1) is 12.8 Å². The normalized spacial score (nSPS) is 16.1. The zero-order valence-electron chi connectivity index (χ0n) is 17.8. The predicted molar refractivity (Wildman–Crippen MR) is 119 cm³/mol. The molecule has 0 radical (unpaired) electrons. The van der Waals surface area contributed by atoms with Crippen molar-refractivity contribution >= 4 is 29.0 Å². The molecule has 6 heteroatoms. The summed E-state index contributed by atoms with van der Waals surface area (Å²) in [5.41, 5.74) is 3.37. The van der Waals surface area contributed by atoms with Gasteiger partial charge >= 0.3 is 0 Å². The number of hydrogen-bond acceptors (Lipinski definition) is 4. The van der Waals surface area contributed by atoms with Crippen molar-refractivity contribution in [2.45, 2.75) is 33.6 Å². The lowest BCUT2D eigenvalue weighted by Crippen LogP contribution is -2.39. The molecule has 1 aliphatic heterocycles. The van der Waals surface area contributed by atoms with Crippen LogP contribution in [0.25, 0.3) is 0 Å². The lowest BCUT2D eigenvalue weighted by Gasteiger charge is -2.31. The van der Waals surface area contributed by atoms with Gasteiger partial charge in [0.25, 0.3) is 5.91 Å². The molecular weight excluding hydrogens is 378 g/mol. The summed E-state index contributed by atoms with van der Waals surface area (Å²) in [6.45, 7) is 7.24. The molecule has 2 amide bonds. The maximum absolute atomic E-state index is 12.8. The number of piperidine rings is 1. The van der Waals surface area contributed by atoms with E-state index in [0.717, 1.165) is 30.8 Å². The minimum Gasteiger partial charge on any atom is -0.376 e. The minimum absolute atomic E-state index is 0.0595. The number of nitrogens with zero attached hydrogens (tertiary/aromatic N) is 1. The van der Waals surface area contributed by atoms with Gasteiger partial charge in [-0.05, 0) is 68.5 Å². The number of aryl methyl sites for hydroxylation is 1. The van der Waals surface area contributed by atoms with Crippen LogP contribution in [-0.2, 0) is 4.79 Å². The van der Waals surface area contributed by atoms with Gasteiger partial charge in [-0.15, -0.1) is 0 Å². The maximum atomic E-state index is 12.8. The molecular formula is C24H29N3O3. The van der Waals surface area contributed by atoms with E-state index in [9.17, 15) is 14.4 Å². The van der Waals surface area contributed by atoms with Crippen molar-refractivity contribution in [2.24, 2.45) is 5.92 Å². The van der Waals surface area contributed by atoms with Crippen LogP contribution in [0.5, 0.6) is 0 Å². The van der Waals surface area contributed by atoms with E-state index in [4.69, 9.17) is 0 Å². The third-order valence-corrected chi connectivity index (χ3v) is 5.44. The highest BCUT2D eigenvalue weighted by Crippen LogP contribution is 2.21. The molecule has 1 fully saturated rings. The molecule has 6 nitrogen and oxygen atoms in total. The monoisotopic (exact) mass is 407 g/mol. The van der Waals surface area contributed by atoms with E-state index >= 15 is 0 Å². The molecule has 0 saturated carbocycles. The van der Waals surface area contributed by atoms with Gasteiger partial charge in [0.1, 0.15) is 0 Å². The number of likely N-dealkylation sites (tertiary alicyclic amines) is 1. The Morgan fingerprint density at radius 2 is 1.87 bits per heavy atom. The molecule has 1 atom stereocenters. The van der Waals surface area contributed by atoms with E-state index in [1.807, 2.05) is 24.0 Å². The van der Waals surface area contributed by atoms with Crippen LogP contribution >= 0.6 is 0 Å². The number of ketones is 1. The van der Waals surface area contributed by atoms with Gasteiger partial charge in [-0.25, -0.2) is 0 Å². The van der Waals surface area contributed by atoms with E-state index in [2.05, 4.69) is 17.6 Å². The van der Waals surface area contributed by atoms with Gasteiger partial charge in [0.15, 0.2) is 5.78 Å². The van der Waals surface area contributed by atoms with Crippen LogP contribution in [0.1, 0.15) is 53.0 Å². The van der Waals surface area contributed by atoms with Gasteiger partial charge in [0.2, 0.25) is 5.91 Å². The molecule has 30 heavy (non-hydrogen) atoms. The third kappa shape index (κ3) is 5.26. The SMILES string of the molecule is CC(=O)c1ccccc1NC(=O)CNc1ccc(C(=O)N2CCCC(C)C2)cc1C. The number of anilines is 2. The molecule has 2 aromatic rings. The maximum Gasteiger partial charge on any atom is 0.253 e. The summed E-state index contributed by atoms with van der Waals surface area (Å²) in [6, 6.07) is 12.5. The van der Waals surface area contributed by atoms with Crippen molar-refractivity contribution in [3.05, 3.63) is 59.2 Å². The highest BCUT2D eigenvalue weighted by molar-refractivity contribution is 6.04. The fourth-order valence-corrected chi connectivity index (χ4v) is 3.82. The first-order chi connectivity index (χ1) is 14.3. The summed E-state index contributed by atoms with van der Waals surface area (Å²) in [6.07, 6.45) is 2.22. The lowest BCUT2D eigenvalue weighted by molar-refractivity contribution is -0.114. The van der Waals surface area contributed by atoms with Crippen LogP contribution in [0.2, 0.25) is 0 Å². The third-order valence-electron chi connectivity index (χ3n) is 5.44. The first-order valence-electron chi connectivity index (χ1n) is 10.4. The Morgan fingerprint density at radius 1 is 1.10 bits per heavy atom. The van der Waals surface area contributed by atoms with Gasteiger partial charge in [0.05, 0.1) is 12.2 Å². The molecule has 1 unspecified atom stereocenters. The first-order valence-corrected chi connectivity index (χ1v) is 10.4. The summed E-state index contributed by atoms with van der Waals surface area (Å²) >= 11 is 0. The predicted octanol–water partition coefficient (Wildman–Crippen LogP) is 4.12. The number of amides is 2. The number of benzene rings is 2. The fraction of sp³-hybridized carbons (Fsp3) is 0.375. The van der Waals surface area contributed by atoms with Gasteiger partial charge in [0, 0.05) is 29.9 Å². The number of para-hydroxylation sites is 1. The Balaban J connectivity index is 1.60. The summed E-state index contributed by atoms with van der Waals surface area (Å²) in [7, 11) is 0. The summed E-state index contributed by atoms with van der Waals surface area (Å²) < 4.78 is 0. The number of rotatable bonds is 6. The van der Waals surface area contributed by atoms with Crippen molar-refractivity contribution in [2.75, 3.05) is 30.3 Å². The highest BCUT2D eigenvalue weighted by Gasteiger charge is 2.22. The number of carbonyl (C=O) groups excluding carboxylic acids is 3. The number of nitrogens with one attached hydrogen (secondary N) is 2.